The van der Waals surface area contributed by atoms with Crippen molar-refractivity contribution in [2.24, 2.45) is 0 Å². The normalized spacial score (nSPS) is 17.1. The van der Waals surface area contributed by atoms with Crippen molar-refractivity contribution in [3.63, 3.8) is 0 Å². The predicted molar refractivity (Wildman–Crippen MR) is 185 cm³/mol. The zero-order chi connectivity index (χ0) is 30.2. The maximum Gasteiger partial charge on any atom is 0.321 e. The SMILES string of the molecule is c1ccc(B2c3ccc[n+]4c3-n3c5c2cccc5c2ccc5c(c23)C42c3c(cccc3-n3c4ccccc4c4ccc[n+]2c43)O5)cc1. The molecular weight excluding hydrogens is 575 g/mol. The van der Waals surface area contributed by atoms with Crippen LogP contribution in [-0.2, 0) is 5.66 Å². The molecule has 0 N–H and O–H groups in total. The number of para-hydroxylation sites is 2. The molecule has 6 heteroatoms. The molecule has 214 valence electrons. The first kappa shape index (κ1) is 23.2. The summed E-state index contributed by atoms with van der Waals surface area (Å²) in [6.07, 6.45) is 4.60. The monoisotopic (exact) mass is 598 g/mol. The van der Waals surface area contributed by atoms with Crippen LogP contribution in [0.25, 0.3) is 55.2 Å². The number of aromatic nitrogens is 4. The Morgan fingerprint density at radius 2 is 1.28 bits per heavy atom. The van der Waals surface area contributed by atoms with E-state index in [4.69, 9.17) is 4.74 Å². The molecule has 0 radical (unpaired) electrons. The van der Waals surface area contributed by atoms with E-state index in [-0.39, 0.29) is 6.71 Å². The lowest BCUT2D eigenvalue weighted by molar-refractivity contribution is -0.961. The minimum Gasteiger partial charge on any atom is -0.456 e. The molecule has 0 aliphatic carbocycles. The van der Waals surface area contributed by atoms with Gasteiger partial charge < -0.3 is 4.74 Å². The first-order chi connectivity index (χ1) is 23.4. The standard InChI is InChI=1S/C41H23BN4O/c1-2-10-24(11-3-1)42-29-15-6-13-26-27-20-21-34-36-38(27)46(37(26)29)40-30(42)16-9-23-44(40)41(36)35-32(18-7-19-33(35)47-34)45-31-17-5-4-12-25(31)28-14-8-22-43(41)39(28)45/h1-23H/q+2. The van der Waals surface area contributed by atoms with Gasteiger partial charge in [0, 0.05) is 21.6 Å². The summed E-state index contributed by atoms with van der Waals surface area (Å²) in [5.41, 5.74) is 11.7. The zero-order valence-corrected chi connectivity index (χ0v) is 25.1. The minimum absolute atomic E-state index is 0.0990. The fraction of sp³-hybridized carbons (Fsp3) is 0.0244. The van der Waals surface area contributed by atoms with Crippen molar-refractivity contribution >= 4 is 66.8 Å². The zero-order valence-electron chi connectivity index (χ0n) is 25.1. The summed E-state index contributed by atoms with van der Waals surface area (Å²) in [6, 6.07) is 46.9. The molecule has 4 aliphatic rings. The van der Waals surface area contributed by atoms with Gasteiger partial charge in [-0.1, -0.05) is 72.2 Å². The van der Waals surface area contributed by atoms with Crippen LogP contribution in [0.4, 0.5) is 0 Å². The van der Waals surface area contributed by atoms with Gasteiger partial charge in [0.2, 0.25) is 0 Å². The largest absolute Gasteiger partial charge is 0.456 e. The Labute approximate surface area is 268 Å². The third-order valence-corrected chi connectivity index (χ3v) is 11.4. The van der Waals surface area contributed by atoms with Gasteiger partial charge in [0.1, 0.15) is 39.3 Å². The molecule has 8 heterocycles. The van der Waals surface area contributed by atoms with Gasteiger partial charge in [-0.25, -0.2) is 0 Å². The molecule has 0 saturated carbocycles. The molecule has 0 amide bonds. The molecule has 4 aliphatic heterocycles. The quantitative estimate of drug-likeness (QED) is 0.186. The smallest absolute Gasteiger partial charge is 0.321 e. The highest BCUT2D eigenvalue weighted by atomic mass is 16.5. The van der Waals surface area contributed by atoms with Crippen molar-refractivity contribution in [1.82, 2.24) is 9.13 Å². The van der Waals surface area contributed by atoms with Gasteiger partial charge in [-0.05, 0) is 66.1 Å². The molecule has 4 aromatic heterocycles. The lowest BCUT2D eigenvalue weighted by Gasteiger charge is -2.42. The molecule has 1 spiro atoms. The Morgan fingerprint density at radius 3 is 2.23 bits per heavy atom. The Morgan fingerprint density at radius 1 is 0.532 bits per heavy atom. The van der Waals surface area contributed by atoms with Crippen LogP contribution in [0, 0.1) is 0 Å². The van der Waals surface area contributed by atoms with E-state index in [0.29, 0.717) is 0 Å². The van der Waals surface area contributed by atoms with Crippen molar-refractivity contribution in [3.05, 3.63) is 151 Å². The first-order valence-corrected chi connectivity index (χ1v) is 16.3. The van der Waals surface area contributed by atoms with Gasteiger partial charge in [0.15, 0.2) is 5.52 Å². The van der Waals surface area contributed by atoms with Crippen LogP contribution in [0.2, 0.25) is 0 Å². The van der Waals surface area contributed by atoms with Gasteiger partial charge in [-0.2, -0.15) is 18.3 Å². The number of pyridine rings is 2. The predicted octanol–water partition coefficient (Wildman–Crippen LogP) is 5.32. The molecular formula is C41H23BN4O+2. The average Bonchev–Trinajstić information content (AvgIpc) is 3.65. The summed E-state index contributed by atoms with van der Waals surface area (Å²) < 4.78 is 17.1. The van der Waals surface area contributed by atoms with Crippen molar-refractivity contribution < 1.29 is 13.9 Å². The van der Waals surface area contributed by atoms with Gasteiger partial charge in [-0.3, -0.25) is 0 Å². The number of hydrogen-bond acceptors (Lipinski definition) is 1. The molecule has 5 aromatic carbocycles. The van der Waals surface area contributed by atoms with Gasteiger partial charge in [-0.15, -0.1) is 0 Å². The van der Waals surface area contributed by atoms with Crippen LogP contribution in [-0.4, -0.2) is 15.8 Å². The summed E-state index contributed by atoms with van der Waals surface area (Å²) in [5, 5.41) is 5.04. The number of ether oxygens (including phenoxy) is 1. The van der Waals surface area contributed by atoms with Gasteiger partial charge >= 0.3 is 5.66 Å². The second-order valence-corrected chi connectivity index (χ2v) is 13.3. The lowest BCUT2D eigenvalue weighted by Crippen LogP contribution is -2.80. The van der Waals surface area contributed by atoms with E-state index in [1.165, 1.54) is 77.1 Å². The van der Waals surface area contributed by atoms with E-state index >= 15 is 0 Å². The number of nitrogens with zero attached hydrogens (tertiary/aromatic N) is 4. The Hall–Kier alpha value is -6.14. The first-order valence-electron chi connectivity index (χ1n) is 16.3. The number of fused-ring (bicyclic) bond motifs is 5. The van der Waals surface area contributed by atoms with E-state index < -0.39 is 5.66 Å². The van der Waals surface area contributed by atoms with Crippen molar-refractivity contribution in [2.45, 2.75) is 5.66 Å². The number of hydrogen-bond donors (Lipinski definition) is 0. The van der Waals surface area contributed by atoms with Crippen LogP contribution in [0.5, 0.6) is 11.5 Å². The molecule has 0 fully saturated rings. The van der Waals surface area contributed by atoms with E-state index in [2.05, 4.69) is 158 Å². The third-order valence-electron chi connectivity index (χ3n) is 11.4. The maximum atomic E-state index is 6.98. The fourth-order valence-electron chi connectivity index (χ4n) is 9.88. The summed E-state index contributed by atoms with van der Waals surface area (Å²) in [7, 11) is 0. The molecule has 1 atom stereocenters. The number of rotatable bonds is 1. The second kappa shape index (κ2) is 7.46. The molecule has 5 nitrogen and oxygen atoms in total. The minimum atomic E-state index is -0.725. The van der Waals surface area contributed by atoms with Crippen LogP contribution in [0.3, 0.4) is 0 Å². The van der Waals surface area contributed by atoms with Gasteiger partial charge in [0.25, 0.3) is 18.2 Å². The Kier molecular flexibility index (Phi) is 3.69. The van der Waals surface area contributed by atoms with Crippen molar-refractivity contribution in [2.75, 3.05) is 0 Å². The summed E-state index contributed by atoms with van der Waals surface area (Å²) in [4.78, 5) is 0. The number of benzene rings is 5. The molecule has 9 aromatic rings. The van der Waals surface area contributed by atoms with Gasteiger partial charge in [0.05, 0.1) is 17.8 Å². The third kappa shape index (κ3) is 2.29. The molecule has 0 saturated heterocycles. The summed E-state index contributed by atoms with van der Waals surface area (Å²) in [5.74, 6) is 3.03. The van der Waals surface area contributed by atoms with Crippen molar-refractivity contribution in [1.29, 1.82) is 0 Å². The fourth-order valence-corrected chi connectivity index (χ4v) is 9.88. The van der Waals surface area contributed by atoms with Crippen LogP contribution in [0.15, 0.2) is 140 Å². The van der Waals surface area contributed by atoms with Crippen LogP contribution in [0.1, 0.15) is 11.1 Å². The Balaban J connectivity index is 1.35. The lowest BCUT2D eigenvalue weighted by atomic mass is 9.36. The molecule has 1 unspecified atom stereocenters. The summed E-state index contributed by atoms with van der Waals surface area (Å²) >= 11 is 0. The molecule has 0 bridgehead atoms. The highest BCUT2D eigenvalue weighted by Crippen LogP contribution is 2.55. The highest BCUT2D eigenvalue weighted by molar-refractivity contribution is 6.97. The van der Waals surface area contributed by atoms with Crippen LogP contribution < -0.4 is 30.3 Å². The Bertz CT molecular complexity index is 2960. The van der Waals surface area contributed by atoms with E-state index in [1.54, 1.807) is 0 Å². The maximum absolute atomic E-state index is 6.98. The highest BCUT2D eigenvalue weighted by Gasteiger charge is 2.65. The van der Waals surface area contributed by atoms with E-state index in [9.17, 15) is 0 Å². The summed E-state index contributed by atoms with van der Waals surface area (Å²) in [6.45, 7) is 0.0990. The molecule has 13 rings (SSSR count). The van der Waals surface area contributed by atoms with Crippen LogP contribution >= 0.6 is 0 Å². The topological polar surface area (TPSA) is 26.8 Å². The molecule has 47 heavy (non-hydrogen) atoms. The van der Waals surface area contributed by atoms with E-state index in [1.807, 2.05) is 0 Å². The van der Waals surface area contributed by atoms with Crippen molar-refractivity contribution in [3.8, 4) is 23.0 Å². The second-order valence-electron chi connectivity index (χ2n) is 13.3. The average molecular weight is 598 g/mol. The van der Waals surface area contributed by atoms with E-state index in [0.717, 1.165) is 17.2 Å².